The van der Waals surface area contributed by atoms with Gasteiger partial charge in [0.1, 0.15) is 11.5 Å². The second-order valence-electron chi connectivity index (χ2n) is 6.23. The predicted molar refractivity (Wildman–Crippen MR) is 80.8 cm³/mol. The number of carbonyl (C=O) groups excluding carboxylic acids is 1. The van der Waals surface area contributed by atoms with Gasteiger partial charge in [-0.25, -0.2) is 0 Å². The van der Waals surface area contributed by atoms with E-state index in [9.17, 15) is 25.2 Å². The molecule has 1 rings (SSSR count). The molecule has 8 heteroatoms. The van der Waals surface area contributed by atoms with Crippen LogP contribution >= 0.6 is 0 Å². The van der Waals surface area contributed by atoms with Crippen molar-refractivity contribution in [1.29, 1.82) is 0 Å². The molecule has 0 radical (unpaired) electrons. The van der Waals surface area contributed by atoms with E-state index < -0.39 is 22.7 Å². The molecule has 0 spiro atoms. The molecule has 0 unspecified atom stereocenters. The topological polar surface area (TPSA) is 142 Å². The van der Waals surface area contributed by atoms with Crippen LogP contribution in [0.25, 0.3) is 0 Å². The number of methoxy groups -OCH3 is 2. The zero-order valence-corrected chi connectivity index (χ0v) is 13.7. The van der Waals surface area contributed by atoms with E-state index in [1.165, 1.54) is 20.3 Å². The zero-order valence-electron chi connectivity index (χ0n) is 13.7. The fourth-order valence-electron chi connectivity index (χ4n) is 1.95. The van der Waals surface area contributed by atoms with Gasteiger partial charge in [0.2, 0.25) is 0 Å². The van der Waals surface area contributed by atoms with Crippen molar-refractivity contribution in [3.05, 3.63) is 23.3 Å². The van der Waals surface area contributed by atoms with Gasteiger partial charge in [-0.05, 0) is 12.1 Å². The third-order valence-electron chi connectivity index (χ3n) is 3.34. The third kappa shape index (κ3) is 3.62. The second-order valence-corrected chi connectivity index (χ2v) is 6.23. The van der Waals surface area contributed by atoms with Crippen molar-refractivity contribution in [3.8, 4) is 11.5 Å². The van der Waals surface area contributed by atoms with Gasteiger partial charge < -0.3 is 29.9 Å². The van der Waals surface area contributed by atoms with E-state index in [-0.39, 0.29) is 22.8 Å². The maximum Gasteiger partial charge on any atom is 0.281 e. The van der Waals surface area contributed by atoms with Gasteiger partial charge in [0.25, 0.3) is 11.7 Å². The highest BCUT2D eigenvalue weighted by molar-refractivity contribution is 6.02. The first kappa shape index (κ1) is 19.3. The van der Waals surface area contributed by atoms with E-state index in [0.717, 1.165) is 6.07 Å². The Morgan fingerprint density at radius 1 is 1.00 bits per heavy atom. The Kier molecular flexibility index (Phi) is 5.10. The molecule has 0 heterocycles. The van der Waals surface area contributed by atoms with Crippen LogP contribution in [0, 0.1) is 5.41 Å². The van der Waals surface area contributed by atoms with Gasteiger partial charge in [-0.2, -0.15) is 0 Å². The quantitative estimate of drug-likeness (QED) is 0.365. The highest BCUT2D eigenvalue weighted by atomic mass is 16.6. The van der Waals surface area contributed by atoms with Crippen LogP contribution < -0.4 is 15.2 Å². The van der Waals surface area contributed by atoms with E-state index in [1.54, 1.807) is 20.8 Å². The number of ketones is 1. The molecule has 6 N–H and O–H groups in total. The molecule has 0 atom stereocenters. The van der Waals surface area contributed by atoms with Crippen molar-refractivity contribution >= 4 is 5.78 Å². The molecule has 130 valence electrons. The Hall–Kier alpha value is -1.71. The van der Waals surface area contributed by atoms with Crippen LogP contribution in [0.15, 0.2) is 12.1 Å². The van der Waals surface area contributed by atoms with Crippen LogP contribution in [0.4, 0.5) is 0 Å². The number of carbonyl (C=O) groups is 1. The summed E-state index contributed by atoms with van der Waals surface area (Å²) in [6, 6.07) is 2.29. The lowest BCUT2D eigenvalue weighted by Crippen LogP contribution is -2.58. The van der Waals surface area contributed by atoms with Gasteiger partial charge >= 0.3 is 0 Å². The highest BCUT2D eigenvalue weighted by Gasteiger charge is 2.48. The largest absolute Gasteiger partial charge is 0.496 e. The number of Topliss-reactive ketones (excluding diaryl/α,β-unsaturated/α-hetero) is 1. The number of hydrogen-bond acceptors (Lipinski definition) is 8. The Balaban J connectivity index is 3.65. The van der Waals surface area contributed by atoms with E-state index in [0.29, 0.717) is 0 Å². The van der Waals surface area contributed by atoms with Crippen molar-refractivity contribution in [2.45, 2.75) is 32.5 Å². The van der Waals surface area contributed by atoms with Crippen molar-refractivity contribution in [1.82, 2.24) is 0 Å². The molecule has 23 heavy (non-hydrogen) atoms. The first-order valence-electron chi connectivity index (χ1n) is 6.77. The predicted octanol–water partition coefficient (Wildman–Crippen LogP) is -0.333. The van der Waals surface area contributed by atoms with Crippen LogP contribution in [0.3, 0.4) is 0 Å². The Morgan fingerprint density at radius 2 is 1.48 bits per heavy atom. The lowest BCUT2D eigenvalue weighted by molar-refractivity contribution is -0.363. The first-order chi connectivity index (χ1) is 10.3. The standard InChI is InChI=1S/C15H23NO7/c1-13(2,3)12(17)8-6-11(23-5)9(7-10(8)22-4)14(18,19)15(16,20)21/h6-7,18-21H,16H2,1-5H3. The first-order valence-corrected chi connectivity index (χ1v) is 6.77. The number of ether oxygens (including phenoxy) is 2. The minimum Gasteiger partial charge on any atom is -0.496 e. The maximum absolute atomic E-state index is 12.5. The van der Waals surface area contributed by atoms with Crippen LogP contribution in [0.1, 0.15) is 36.7 Å². The van der Waals surface area contributed by atoms with E-state index in [1.807, 2.05) is 0 Å². The smallest absolute Gasteiger partial charge is 0.281 e. The highest BCUT2D eigenvalue weighted by Crippen LogP contribution is 2.39. The fraction of sp³-hybridized carbons (Fsp3) is 0.533. The average Bonchev–Trinajstić information content (AvgIpc) is 2.42. The summed E-state index contributed by atoms with van der Waals surface area (Å²) in [7, 11) is 2.51. The molecular weight excluding hydrogens is 306 g/mol. The molecule has 0 aliphatic carbocycles. The van der Waals surface area contributed by atoms with Crippen molar-refractivity contribution in [3.63, 3.8) is 0 Å². The molecule has 0 saturated heterocycles. The number of hydrogen-bond donors (Lipinski definition) is 5. The minimum absolute atomic E-state index is 0.0115. The molecule has 8 nitrogen and oxygen atoms in total. The summed E-state index contributed by atoms with van der Waals surface area (Å²) in [4.78, 5) is 12.5. The lowest BCUT2D eigenvalue weighted by Gasteiger charge is -2.33. The average molecular weight is 329 g/mol. The van der Waals surface area contributed by atoms with Crippen molar-refractivity contribution < 1.29 is 34.7 Å². The zero-order chi connectivity index (χ0) is 18.2. The molecule has 0 aromatic heterocycles. The van der Waals surface area contributed by atoms with Crippen LogP contribution in [0.2, 0.25) is 0 Å². The Morgan fingerprint density at radius 3 is 1.83 bits per heavy atom. The number of nitrogens with two attached hydrogens (primary N) is 1. The van der Waals surface area contributed by atoms with Crippen LogP contribution in [-0.4, -0.2) is 46.3 Å². The number of rotatable bonds is 5. The van der Waals surface area contributed by atoms with Crippen LogP contribution in [0.5, 0.6) is 11.5 Å². The van der Waals surface area contributed by atoms with Gasteiger partial charge in [-0.1, -0.05) is 20.8 Å². The molecular formula is C15H23NO7. The molecule has 0 amide bonds. The van der Waals surface area contributed by atoms with Crippen molar-refractivity contribution in [2.24, 2.45) is 11.1 Å². The van der Waals surface area contributed by atoms with Crippen LogP contribution in [-0.2, 0) is 5.79 Å². The second kappa shape index (κ2) is 6.06. The third-order valence-corrected chi connectivity index (χ3v) is 3.34. The molecule has 0 aliphatic heterocycles. The summed E-state index contributed by atoms with van der Waals surface area (Å²) in [6.07, 6.45) is 0. The van der Waals surface area contributed by atoms with Crippen molar-refractivity contribution in [2.75, 3.05) is 14.2 Å². The number of aliphatic hydroxyl groups is 4. The summed E-state index contributed by atoms with van der Waals surface area (Å²) in [5, 5.41) is 38.6. The molecule has 0 aliphatic rings. The fourth-order valence-corrected chi connectivity index (χ4v) is 1.95. The summed E-state index contributed by atoms with van der Waals surface area (Å²) >= 11 is 0. The molecule has 0 bridgehead atoms. The number of benzene rings is 1. The molecule has 1 aromatic rings. The van der Waals surface area contributed by atoms with E-state index in [2.05, 4.69) is 0 Å². The molecule has 0 saturated carbocycles. The minimum atomic E-state index is -3.36. The summed E-state index contributed by atoms with van der Waals surface area (Å²) in [5.74, 6) is -7.04. The van der Waals surface area contributed by atoms with E-state index >= 15 is 0 Å². The monoisotopic (exact) mass is 329 g/mol. The van der Waals surface area contributed by atoms with Gasteiger partial charge in [-0.3, -0.25) is 10.5 Å². The Labute approximate surface area is 134 Å². The summed E-state index contributed by atoms with van der Waals surface area (Å²) in [6.45, 7) is 5.14. The lowest BCUT2D eigenvalue weighted by atomic mass is 9.85. The maximum atomic E-state index is 12.5. The SMILES string of the molecule is COc1cc(C(O)(O)C(N)(O)O)c(OC)cc1C(=O)C(C)(C)C. The molecule has 1 aromatic carbocycles. The summed E-state index contributed by atoms with van der Waals surface area (Å²) < 4.78 is 10.1. The van der Waals surface area contributed by atoms with Gasteiger partial charge in [0.15, 0.2) is 5.78 Å². The van der Waals surface area contributed by atoms with Gasteiger partial charge in [0, 0.05) is 5.41 Å². The van der Waals surface area contributed by atoms with E-state index in [4.69, 9.17) is 15.2 Å². The van der Waals surface area contributed by atoms with Gasteiger partial charge in [-0.15, -0.1) is 0 Å². The molecule has 0 fully saturated rings. The van der Waals surface area contributed by atoms with Gasteiger partial charge in [0.05, 0.1) is 25.3 Å². The Bertz CT molecular complexity index is 597. The normalized spacial score (nSPS) is 13.0. The summed E-state index contributed by atoms with van der Waals surface area (Å²) in [5.41, 5.74) is 3.94.